The zero-order chi connectivity index (χ0) is 24.6. The molecule has 0 aliphatic carbocycles. The minimum Gasteiger partial charge on any atom is -0.355 e. The van der Waals surface area contributed by atoms with E-state index in [-0.39, 0.29) is 17.9 Å². The van der Waals surface area contributed by atoms with Gasteiger partial charge in [-0.2, -0.15) is 0 Å². The van der Waals surface area contributed by atoms with Crippen molar-refractivity contribution >= 4 is 23.4 Å². The number of fused-ring (bicyclic) bond motifs is 1. The molecule has 4 rings (SSSR count). The highest BCUT2D eigenvalue weighted by molar-refractivity contribution is 6.31. The van der Waals surface area contributed by atoms with Crippen molar-refractivity contribution in [3.05, 3.63) is 94.5 Å². The van der Waals surface area contributed by atoms with Crippen LogP contribution in [0.15, 0.2) is 77.9 Å². The smallest absolute Gasteiger partial charge is 0.268 e. The molecule has 2 aliphatic heterocycles. The van der Waals surface area contributed by atoms with E-state index in [1.165, 1.54) is 11.6 Å². The minimum absolute atomic E-state index is 0.0560. The molecule has 2 aromatic carbocycles. The first kappa shape index (κ1) is 24.8. The van der Waals surface area contributed by atoms with E-state index in [0.717, 1.165) is 37.9 Å². The zero-order valence-electron chi connectivity index (χ0n) is 19.7. The summed E-state index contributed by atoms with van der Waals surface area (Å²) in [6.07, 6.45) is 13.7. The van der Waals surface area contributed by atoms with Crippen LogP contribution in [0.4, 0.5) is 0 Å². The Balaban J connectivity index is 1.63. The van der Waals surface area contributed by atoms with Crippen molar-refractivity contribution in [1.82, 2.24) is 15.3 Å². The van der Waals surface area contributed by atoms with E-state index in [9.17, 15) is 9.59 Å². The first-order valence-corrected chi connectivity index (χ1v) is 12.4. The molecule has 1 fully saturated rings. The summed E-state index contributed by atoms with van der Waals surface area (Å²) in [5, 5.41) is 7.49. The van der Waals surface area contributed by atoms with Crippen LogP contribution in [0.1, 0.15) is 46.7 Å². The number of carbonyl (C=O) groups excluding carboxylic acids is 2. The van der Waals surface area contributed by atoms with Gasteiger partial charge in [-0.25, -0.2) is 5.01 Å². The Morgan fingerprint density at radius 2 is 1.83 bits per heavy atom. The minimum atomic E-state index is -0.500. The average Bonchev–Trinajstić information content (AvgIpc) is 3.39. The number of terminal acetylenes is 1. The molecule has 2 amide bonds. The van der Waals surface area contributed by atoms with Gasteiger partial charge in [0, 0.05) is 36.3 Å². The Bertz CT molecular complexity index is 1150. The SMILES string of the molecule is C#C/C=C(Cl)\C=C/C[C@H]1[C@H](C(=O)NCCc2ccccc2)c2ccccc2C(=O)N1N1CCCC1. The Morgan fingerprint density at radius 3 is 2.57 bits per heavy atom. The maximum atomic E-state index is 13.7. The Hall–Kier alpha value is -3.33. The molecule has 0 radical (unpaired) electrons. The maximum absolute atomic E-state index is 13.7. The van der Waals surface area contributed by atoms with Crippen molar-refractivity contribution in [2.24, 2.45) is 0 Å². The van der Waals surface area contributed by atoms with Gasteiger partial charge in [-0.3, -0.25) is 14.6 Å². The van der Waals surface area contributed by atoms with Crippen LogP contribution in [0.3, 0.4) is 0 Å². The molecule has 2 atom stereocenters. The van der Waals surface area contributed by atoms with Gasteiger partial charge in [-0.05, 0) is 49.0 Å². The molecule has 2 aliphatic rings. The van der Waals surface area contributed by atoms with Crippen LogP contribution in [0.5, 0.6) is 0 Å². The fraction of sp³-hybridized carbons (Fsp3) is 0.310. The quantitative estimate of drug-likeness (QED) is 0.435. The average molecular weight is 488 g/mol. The fourth-order valence-corrected chi connectivity index (χ4v) is 5.08. The van der Waals surface area contributed by atoms with Crippen LogP contribution in [0, 0.1) is 12.3 Å². The van der Waals surface area contributed by atoms with E-state index >= 15 is 0 Å². The van der Waals surface area contributed by atoms with Crippen molar-refractivity contribution in [2.75, 3.05) is 19.6 Å². The van der Waals surface area contributed by atoms with Gasteiger partial charge in [0.2, 0.25) is 5.91 Å². The molecule has 2 heterocycles. The number of benzene rings is 2. The molecule has 1 saturated heterocycles. The van der Waals surface area contributed by atoms with E-state index in [4.69, 9.17) is 18.0 Å². The first-order valence-electron chi connectivity index (χ1n) is 12.1. The second-order valence-corrected chi connectivity index (χ2v) is 9.24. The molecule has 0 bridgehead atoms. The Morgan fingerprint density at radius 1 is 1.11 bits per heavy atom. The number of rotatable bonds is 8. The van der Waals surface area contributed by atoms with Gasteiger partial charge in [0.25, 0.3) is 5.91 Å². The summed E-state index contributed by atoms with van der Waals surface area (Å²) in [4.78, 5) is 27.3. The van der Waals surface area contributed by atoms with Gasteiger partial charge in [-0.15, -0.1) is 6.42 Å². The van der Waals surface area contributed by atoms with Gasteiger partial charge < -0.3 is 5.32 Å². The fourth-order valence-electron chi connectivity index (χ4n) is 4.92. The number of nitrogens with zero attached hydrogens (tertiary/aromatic N) is 2. The molecular formula is C29H30ClN3O2. The van der Waals surface area contributed by atoms with E-state index in [0.29, 0.717) is 23.6 Å². The Kier molecular flexibility index (Phi) is 8.41. The summed E-state index contributed by atoms with van der Waals surface area (Å²) in [5.74, 6) is 1.78. The number of hydrazine groups is 1. The second kappa shape index (κ2) is 11.9. The van der Waals surface area contributed by atoms with Crippen molar-refractivity contribution < 1.29 is 9.59 Å². The molecular weight excluding hydrogens is 458 g/mol. The van der Waals surface area contributed by atoms with Crippen LogP contribution in [-0.4, -0.2) is 47.5 Å². The van der Waals surface area contributed by atoms with Gasteiger partial charge >= 0.3 is 0 Å². The summed E-state index contributed by atoms with van der Waals surface area (Å²) < 4.78 is 0. The zero-order valence-corrected chi connectivity index (χ0v) is 20.5. The molecule has 1 N–H and O–H groups in total. The second-order valence-electron chi connectivity index (χ2n) is 8.80. The highest BCUT2D eigenvalue weighted by Gasteiger charge is 2.45. The summed E-state index contributed by atoms with van der Waals surface area (Å²) in [6.45, 7) is 2.13. The molecule has 0 saturated carbocycles. The largest absolute Gasteiger partial charge is 0.355 e. The number of hydrogen-bond acceptors (Lipinski definition) is 3. The molecule has 5 nitrogen and oxygen atoms in total. The number of nitrogens with one attached hydrogen (secondary N) is 1. The number of carbonyl (C=O) groups is 2. The monoisotopic (exact) mass is 487 g/mol. The van der Waals surface area contributed by atoms with Crippen LogP contribution in [0.25, 0.3) is 0 Å². The molecule has 0 spiro atoms. The number of hydrogen-bond donors (Lipinski definition) is 1. The van der Waals surface area contributed by atoms with Crippen LogP contribution < -0.4 is 5.32 Å². The standard InChI is InChI=1S/C29H30ClN3O2/c1-2-11-23(30)14-10-17-26-27(28(34)31-19-18-22-12-4-3-5-13-22)24-15-6-7-16-25(24)29(35)33(26)32-20-8-9-21-32/h1,3-7,10-16,26-27H,8-9,17-21H2,(H,31,34)/b14-10-,23-11+/t26-,27+/m0/s1. The van der Waals surface area contributed by atoms with Crippen LogP contribution >= 0.6 is 11.6 Å². The predicted molar refractivity (Wildman–Crippen MR) is 140 cm³/mol. The number of halogens is 1. The van der Waals surface area contributed by atoms with Gasteiger partial charge in [0.15, 0.2) is 0 Å². The normalized spacial score (nSPS) is 20.6. The van der Waals surface area contributed by atoms with Gasteiger partial charge in [-0.1, -0.05) is 72.1 Å². The van der Waals surface area contributed by atoms with Crippen molar-refractivity contribution in [2.45, 2.75) is 37.6 Å². The van der Waals surface area contributed by atoms with E-state index < -0.39 is 5.92 Å². The van der Waals surface area contributed by atoms with E-state index in [1.54, 1.807) is 6.08 Å². The van der Waals surface area contributed by atoms with E-state index in [2.05, 4.69) is 28.4 Å². The predicted octanol–water partition coefficient (Wildman–Crippen LogP) is 4.67. The third-order valence-electron chi connectivity index (χ3n) is 6.53. The highest BCUT2D eigenvalue weighted by Crippen LogP contribution is 2.37. The van der Waals surface area contributed by atoms with Crippen LogP contribution in [0.2, 0.25) is 0 Å². The van der Waals surface area contributed by atoms with Gasteiger partial charge in [0.1, 0.15) is 0 Å². The third kappa shape index (κ3) is 5.85. The van der Waals surface area contributed by atoms with Crippen molar-refractivity contribution in [3.8, 4) is 12.3 Å². The first-order chi connectivity index (χ1) is 17.1. The maximum Gasteiger partial charge on any atom is 0.268 e. The molecule has 180 valence electrons. The molecule has 0 aromatic heterocycles. The van der Waals surface area contributed by atoms with Crippen LogP contribution in [-0.2, 0) is 11.2 Å². The van der Waals surface area contributed by atoms with E-state index in [1.807, 2.05) is 53.5 Å². The molecule has 35 heavy (non-hydrogen) atoms. The summed E-state index contributed by atoms with van der Waals surface area (Å²) >= 11 is 6.16. The van der Waals surface area contributed by atoms with Gasteiger partial charge in [0.05, 0.1) is 12.0 Å². The lowest BCUT2D eigenvalue weighted by Crippen LogP contribution is -2.58. The molecule has 2 aromatic rings. The lowest BCUT2D eigenvalue weighted by atomic mass is 9.81. The topological polar surface area (TPSA) is 52.7 Å². The van der Waals surface area contributed by atoms with Crippen molar-refractivity contribution in [3.63, 3.8) is 0 Å². The summed E-state index contributed by atoms with van der Waals surface area (Å²) in [7, 11) is 0. The third-order valence-corrected chi connectivity index (χ3v) is 6.77. The lowest BCUT2D eigenvalue weighted by Gasteiger charge is -2.45. The summed E-state index contributed by atoms with van der Waals surface area (Å²) in [5.41, 5.74) is 2.53. The molecule has 6 heteroatoms. The van der Waals surface area contributed by atoms with Crippen molar-refractivity contribution in [1.29, 1.82) is 0 Å². The molecule has 0 unspecified atom stereocenters. The number of allylic oxidation sites excluding steroid dienone is 3. The summed E-state index contributed by atoms with van der Waals surface area (Å²) in [6, 6.07) is 17.2. The Labute approximate surface area is 212 Å². The number of amides is 2. The highest BCUT2D eigenvalue weighted by atomic mass is 35.5. The lowest BCUT2D eigenvalue weighted by molar-refractivity contribution is -0.126.